The summed E-state index contributed by atoms with van der Waals surface area (Å²) in [5.74, 6) is 1.65. The van der Waals surface area contributed by atoms with Gasteiger partial charge < -0.3 is 19.5 Å². The Balaban J connectivity index is 1.38. The molecule has 142 valence electrons. The molecule has 5 nitrogen and oxygen atoms in total. The molecule has 3 fully saturated rings. The topological polar surface area (TPSA) is 56.8 Å². The van der Waals surface area contributed by atoms with Crippen LogP contribution in [0.15, 0.2) is 24.3 Å². The van der Waals surface area contributed by atoms with E-state index in [1.54, 1.807) is 7.11 Å². The van der Waals surface area contributed by atoms with Gasteiger partial charge in [-0.15, -0.1) is 0 Å². The normalized spacial score (nSPS) is 27.4. The van der Waals surface area contributed by atoms with Crippen LogP contribution in [0, 0.1) is 5.92 Å². The number of methoxy groups -OCH3 is 1. The van der Waals surface area contributed by atoms with Crippen LogP contribution in [0.5, 0.6) is 5.75 Å². The van der Waals surface area contributed by atoms with Crippen LogP contribution >= 0.6 is 0 Å². The van der Waals surface area contributed by atoms with Crippen molar-refractivity contribution in [3.63, 3.8) is 0 Å². The van der Waals surface area contributed by atoms with Crippen LogP contribution in [-0.2, 0) is 19.7 Å². The average molecular weight is 359 g/mol. The average Bonchev–Trinajstić information content (AvgIpc) is 3.44. The molecular formula is C21H29NO4. The third kappa shape index (κ3) is 3.60. The zero-order valence-electron chi connectivity index (χ0n) is 15.5. The Labute approximate surface area is 155 Å². The van der Waals surface area contributed by atoms with Crippen molar-refractivity contribution in [3.8, 4) is 5.75 Å². The van der Waals surface area contributed by atoms with Gasteiger partial charge in [-0.25, -0.2) is 0 Å². The number of carbonyl (C=O) groups is 1. The Morgan fingerprint density at radius 2 is 2.00 bits per heavy atom. The van der Waals surface area contributed by atoms with Crippen LogP contribution in [0.3, 0.4) is 0 Å². The zero-order chi connectivity index (χ0) is 18.0. The van der Waals surface area contributed by atoms with Gasteiger partial charge in [0.25, 0.3) is 0 Å². The van der Waals surface area contributed by atoms with Gasteiger partial charge in [0.1, 0.15) is 11.9 Å². The highest BCUT2D eigenvalue weighted by Gasteiger charge is 2.52. The maximum absolute atomic E-state index is 13.1. The molecule has 2 saturated carbocycles. The van der Waals surface area contributed by atoms with Crippen LogP contribution in [0.2, 0.25) is 0 Å². The Hall–Kier alpha value is -1.59. The van der Waals surface area contributed by atoms with Gasteiger partial charge in [-0.2, -0.15) is 0 Å². The first kappa shape index (κ1) is 17.8. The van der Waals surface area contributed by atoms with E-state index in [0.717, 1.165) is 37.2 Å². The molecular weight excluding hydrogens is 330 g/mol. The zero-order valence-corrected chi connectivity index (χ0v) is 15.5. The molecule has 1 aromatic carbocycles. The summed E-state index contributed by atoms with van der Waals surface area (Å²) in [4.78, 5) is 13.1. The number of ether oxygens (including phenoxy) is 3. The second-order valence-electron chi connectivity index (χ2n) is 7.92. The first-order valence-electron chi connectivity index (χ1n) is 9.86. The van der Waals surface area contributed by atoms with Gasteiger partial charge in [0.05, 0.1) is 25.2 Å². The van der Waals surface area contributed by atoms with E-state index < -0.39 is 0 Å². The molecule has 2 atom stereocenters. The molecule has 0 aromatic heterocycles. The third-order valence-corrected chi connectivity index (χ3v) is 6.22. The number of hydrogen-bond acceptors (Lipinski definition) is 4. The lowest BCUT2D eigenvalue weighted by Crippen LogP contribution is -2.52. The standard InChI is InChI=1S/C21H29NO4/c1-24-17-7-5-16(6-8-17)21(10-11-21)20(23)22-18-9-12-25-14-19(18)26-13-15-3-2-4-15/h5-8,15,18-19H,2-4,9-14H2,1H3,(H,22,23)/t18-,19-/m1/s1. The van der Waals surface area contributed by atoms with Gasteiger partial charge in [0.2, 0.25) is 5.91 Å². The largest absolute Gasteiger partial charge is 0.497 e. The van der Waals surface area contributed by atoms with Crippen molar-refractivity contribution in [1.29, 1.82) is 0 Å². The summed E-state index contributed by atoms with van der Waals surface area (Å²) >= 11 is 0. The van der Waals surface area contributed by atoms with Crippen molar-refractivity contribution in [3.05, 3.63) is 29.8 Å². The number of nitrogens with one attached hydrogen (secondary N) is 1. The summed E-state index contributed by atoms with van der Waals surface area (Å²) in [6.07, 6.45) is 6.46. The predicted molar refractivity (Wildman–Crippen MR) is 98.4 cm³/mol. The molecule has 1 N–H and O–H groups in total. The van der Waals surface area contributed by atoms with E-state index in [4.69, 9.17) is 14.2 Å². The Bertz CT molecular complexity index is 621. The van der Waals surface area contributed by atoms with Gasteiger partial charge >= 0.3 is 0 Å². The first-order chi connectivity index (χ1) is 12.7. The van der Waals surface area contributed by atoms with E-state index in [-0.39, 0.29) is 23.5 Å². The minimum Gasteiger partial charge on any atom is -0.497 e. The number of hydrogen-bond donors (Lipinski definition) is 1. The van der Waals surface area contributed by atoms with Crippen molar-refractivity contribution < 1.29 is 19.0 Å². The Morgan fingerprint density at radius 3 is 2.62 bits per heavy atom. The predicted octanol–water partition coefficient (Wildman–Crippen LogP) is 2.82. The van der Waals surface area contributed by atoms with Crippen LogP contribution < -0.4 is 10.1 Å². The second kappa shape index (κ2) is 7.57. The lowest BCUT2D eigenvalue weighted by atomic mass is 9.86. The molecule has 2 aliphatic carbocycles. The fourth-order valence-corrected chi connectivity index (χ4v) is 3.95. The molecule has 1 aliphatic heterocycles. The van der Waals surface area contributed by atoms with Gasteiger partial charge in [0.15, 0.2) is 0 Å². The molecule has 0 bridgehead atoms. The van der Waals surface area contributed by atoms with Crippen molar-refractivity contribution in [2.75, 3.05) is 26.9 Å². The SMILES string of the molecule is COc1ccc(C2(C(=O)N[C@@H]3CCOC[C@H]3OCC3CCC3)CC2)cc1. The summed E-state index contributed by atoms with van der Waals surface area (Å²) in [7, 11) is 1.66. The molecule has 4 rings (SSSR count). The van der Waals surface area contributed by atoms with Crippen LogP contribution in [0.25, 0.3) is 0 Å². The maximum Gasteiger partial charge on any atom is 0.230 e. The number of rotatable bonds is 7. The van der Waals surface area contributed by atoms with E-state index in [2.05, 4.69) is 5.32 Å². The fraction of sp³-hybridized carbons (Fsp3) is 0.667. The Kier molecular flexibility index (Phi) is 5.18. The molecule has 0 radical (unpaired) electrons. The molecule has 1 saturated heterocycles. The smallest absolute Gasteiger partial charge is 0.230 e. The quantitative estimate of drug-likeness (QED) is 0.813. The van der Waals surface area contributed by atoms with E-state index >= 15 is 0 Å². The fourth-order valence-electron chi connectivity index (χ4n) is 3.95. The Morgan fingerprint density at radius 1 is 1.23 bits per heavy atom. The van der Waals surface area contributed by atoms with Gasteiger partial charge in [-0.05, 0) is 55.7 Å². The highest BCUT2D eigenvalue weighted by Crippen LogP contribution is 2.48. The number of benzene rings is 1. The van der Waals surface area contributed by atoms with Crippen molar-refractivity contribution in [2.45, 2.75) is 56.1 Å². The van der Waals surface area contributed by atoms with Gasteiger partial charge in [0, 0.05) is 13.2 Å². The molecule has 1 heterocycles. The first-order valence-corrected chi connectivity index (χ1v) is 9.86. The van der Waals surface area contributed by atoms with E-state index in [1.807, 2.05) is 24.3 Å². The maximum atomic E-state index is 13.1. The third-order valence-electron chi connectivity index (χ3n) is 6.22. The summed E-state index contributed by atoms with van der Waals surface area (Å²) in [5.41, 5.74) is 0.707. The van der Waals surface area contributed by atoms with Crippen molar-refractivity contribution in [2.24, 2.45) is 5.92 Å². The van der Waals surface area contributed by atoms with Crippen molar-refractivity contribution in [1.82, 2.24) is 5.32 Å². The highest BCUT2D eigenvalue weighted by molar-refractivity contribution is 5.91. The van der Waals surface area contributed by atoms with Crippen molar-refractivity contribution >= 4 is 5.91 Å². The van der Waals surface area contributed by atoms with E-state index in [1.165, 1.54) is 19.3 Å². The molecule has 0 spiro atoms. The van der Waals surface area contributed by atoms with E-state index in [0.29, 0.717) is 19.1 Å². The number of carbonyl (C=O) groups excluding carboxylic acids is 1. The van der Waals surface area contributed by atoms with E-state index in [9.17, 15) is 4.79 Å². The lowest BCUT2D eigenvalue weighted by Gasteiger charge is -2.35. The van der Waals surface area contributed by atoms with Crippen LogP contribution in [-0.4, -0.2) is 45.0 Å². The minimum atomic E-state index is -0.372. The molecule has 5 heteroatoms. The summed E-state index contributed by atoms with van der Waals surface area (Å²) in [6, 6.07) is 7.94. The van der Waals surface area contributed by atoms with Crippen LogP contribution in [0.4, 0.5) is 0 Å². The highest BCUT2D eigenvalue weighted by atomic mass is 16.5. The van der Waals surface area contributed by atoms with Gasteiger partial charge in [-0.3, -0.25) is 4.79 Å². The molecule has 3 aliphatic rings. The monoisotopic (exact) mass is 359 g/mol. The molecule has 1 aromatic rings. The van der Waals surface area contributed by atoms with Crippen LogP contribution in [0.1, 0.15) is 44.1 Å². The lowest BCUT2D eigenvalue weighted by molar-refractivity contribution is -0.129. The molecule has 1 amide bonds. The number of amides is 1. The second-order valence-corrected chi connectivity index (χ2v) is 7.92. The summed E-state index contributed by atoms with van der Waals surface area (Å²) in [6.45, 7) is 2.06. The molecule has 26 heavy (non-hydrogen) atoms. The summed E-state index contributed by atoms with van der Waals surface area (Å²) in [5, 5.41) is 3.28. The summed E-state index contributed by atoms with van der Waals surface area (Å²) < 4.78 is 16.9. The molecule has 0 unspecified atom stereocenters. The minimum absolute atomic E-state index is 0.0278. The van der Waals surface area contributed by atoms with Gasteiger partial charge in [-0.1, -0.05) is 18.6 Å².